The van der Waals surface area contributed by atoms with E-state index in [1.807, 2.05) is 19.1 Å². The summed E-state index contributed by atoms with van der Waals surface area (Å²) >= 11 is 1.13. The molecular formula is C24H22FN5O4S. The van der Waals surface area contributed by atoms with Gasteiger partial charge in [0.1, 0.15) is 11.3 Å². The van der Waals surface area contributed by atoms with Crippen molar-refractivity contribution in [3.05, 3.63) is 69.9 Å². The molecule has 180 valence electrons. The summed E-state index contributed by atoms with van der Waals surface area (Å²) in [5.74, 6) is 0.464. The molecule has 9 nitrogen and oxygen atoms in total. The van der Waals surface area contributed by atoms with Crippen LogP contribution in [0.2, 0.25) is 0 Å². The number of hydrogen-bond acceptors (Lipinski definition) is 7. The third kappa shape index (κ3) is 4.59. The van der Waals surface area contributed by atoms with E-state index in [9.17, 15) is 14.0 Å². The van der Waals surface area contributed by atoms with Crippen LogP contribution in [0.5, 0.6) is 11.5 Å². The first-order valence-corrected chi connectivity index (χ1v) is 12.0. The fourth-order valence-corrected chi connectivity index (χ4v) is 4.67. The number of fused-ring (bicyclic) bond motifs is 2. The summed E-state index contributed by atoms with van der Waals surface area (Å²) in [7, 11) is 0. The lowest BCUT2D eigenvalue weighted by Gasteiger charge is -2.13. The Hall–Kier alpha value is -3.86. The van der Waals surface area contributed by atoms with E-state index < -0.39 is 5.82 Å². The second kappa shape index (κ2) is 9.41. The van der Waals surface area contributed by atoms with Crippen LogP contribution < -0.4 is 20.3 Å². The van der Waals surface area contributed by atoms with Crippen molar-refractivity contribution < 1.29 is 18.7 Å². The second-order valence-electron chi connectivity index (χ2n) is 7.92. The van der Waals surface area contributed by atoms with Crippen molar-refractivity contribution >= 4 is 34.4 Å². The van der Waals surface area contributed by atoms with Crippen LogP contribution in [0.3, 0.4) is 0 Å². The minimum Gasteiger partial charge on any atom is -0.454 e. The lowest BCUT2D eigenvalue weighted by atomic mass is 10.2. The van der Waals surface area contributed by atoms with Crippen molar-refractivity contribution in [2.45, 2.75) is 32.1 Å². The van der Waals surface area contributed by atoms with Gasteiger partial charge in [-0.3, -0.25) is 18.8 Å². The maximum absolute atomic E-state index is 13.6. The van der Waals surface area contributed by atoms with E-state index in [2.05, 4.69) is 10.4 Å². The van der Waals surface area contributed by atoms with Crippen molar-refractivity contribution in [1.29, 1.82) is 0 Å². The molecule has 1 aliphatic rings. The summed E-state index contributed by atoms with van der Waals surface area (Å²) in [4.78, 5) is 30.9. The van der Waals surface area contributed by atoms with Crippen molar-refractivity contribution in [3.8, 4) is 11.5 Å². The van der Waals surface area contributed by atoms with Crippen molar-refractivity contribution in [3.63, 3.8) is 0 Å². The Kier molecular flexibility index (Phi) is 6.16. The molecule has 2 aromatic heterocycles. The number of aryl methyl sites for hydroxylation is 2. The fourth-order valence-electron chi connectivity index (χ4n) is 3.88. The molecule has 0 radical (unpaired) electrons. The summed E-state index contributed by atoms with van der Waals surface area (Å²) in [5, 5.41) is 7.49. The Morgan fingerprint density at radius 2 is 2.03 bits per heavy atom. The number of ether oxygens (including phenoxy) is 2. The van der Waals surface area contributed by atoms with Gasteiger partial charge in [0.25, 0.3) is 5.56 Å². The smallest absolute Gasteiger partial charge is 0.280 e. The van der Waals surface area contributed by atoms with Crippen LogP contribution in [0.1, 0.15) is 18.2 Å². The molecule has 11 heteroatoms. The molecular weight excluding hydrogens is 473 g/mol. The first kappa shape index (κ1) is 22.9. The number of carbonyl (C=O) groups excluding carboxylic acids is 1. The summed E-state index contributed by atoms with van der Waals surface area (Å²) in [6.45, 7) is 4.61. The minimum atomic E-state index is -0.441. The van der Waals surface area contributed by atoms with E-state index in [1.165, 1.54) is 22.8 Å². The first-order chi connectivity index (χ1) is 16.9. The molecule has 1 amide bonds. The van der Waals surface area contributed by atoms with E-state index in [0.29, 0.717) is 45.6 Å². The number of anilines is 1. The summed E-state index contributed by atoms with van der Waals surface area (Å²) in [6, 6.07) is 11.2. The number of rotatable bonds is 7. The Labute approximate surface area is 203 Å². The van der Waals surface area contributed by atoms with Crippen LogP contribution in [0.25, 0.3) is 11.0 Å². The number of nitrogens with one attached hydrogen (secondary N) is 1. The Balaban J connectivity index is 1.48. The quantitative estimate of drug-likeness (QED) is 0.309. The summed E-state index contributed by atoms with van der Waals surface area (Å²) in [6.07, 6.45) is 0. The van der Waals surface area contributed by atoms with Crippen LogP contribution >= 0.6 is 11.8 Å². The highest BCUT2D eigenvalue weighted by Crippen LogP contribution is 2.33. The molecule has 1 aliphatic heterocycles. The number of aromatic nitrogens is 4. The fraction of sp³-hybridized carbons (Fsp3) is 0.250. The number of thioether (sulfide) groups is 1. The van der Waals surface area contributed by atoms with Gasteiger partial charge in [-0.25, -0.2) is 9.37 Å². The number of halogens is 1. The van der Waals surface area contributed by atoms with E-state index in [4.69, 9.17) is 14.5 Å². The Bertz CT molecular complexity index is 1500. The maximum atomic E-state index is 13.6. The zero-order valence-corrected chi connectivity index (χ0v) is 19.9. The number of benzene rings is 2. The molecule has 0 atom stereocenters. The highest BCUT2D eigenvalue weighted by atomic mass is 32.2. The normalized spacial score (nSPS) is 12.3. The number of hydrogen-bond donors (Lipinski definition) is 1. The molecule has 0 fully saturated rings. The lowest BCUT2D eigenvalue weighted by Crippen LogP contribution is -2.26. The largest absolute Gasteiger partial charge is 0.454 e. The third-order valence-corrected chi connectivity index (χ3v) is 6.48. The Morgan fingerprint density at radius 3 is 2.83 bits per heavy atom. The van der Waals surface area contributed by atoms with Gasteiger partial charge in [0.15, 0.2) is 22.2 Å². The summed E-state index contributed by atoms with van der Waals surface area (Å²) < 4.78 is 27.5. The van der Waals surface area contributed by atoms with E-state index in [-0.39, 0.29) is 30.6 Å². The molecule has 3 heterocycles. The molecule has 0 saturated carbocycles. The minimum absolute atomic E-state index is 0.0173. The second-order valence-corrected chi connectivity index (χ2v) is 8.86. The van der Waals surface area contributed by atoms with Crippen LogP contribution in [0.15, 0.2) is 52.4 Å². The van der Waals surface area contributed by atoms with Crippen molar-refractivity contribution in [1.82, 2.24) is 19.3 Å². The van der Waals surface area contributed by atoms with Gasteiger partial charge in [-0.1, -0.05) is 23.9 Å². The van der Waals surface area contributed by atoms with Gasteiger partial charge < -0.3 is 14.8 Å². The molecule has 4 aromatic rings. The van der Waals surface area contributed by atoms with E-state index in [1.54, 1.807) is 23.7 Å². The molecule has 0 bridgehead atoms. The van der Waals surface area contributed by atoms with Crippen LogP contribution in [0, 0.1) is 12.7 Å². The average molecular weight is 496 g/mol. The molecule has 35 heavy (non-hydrogen) atoms. The van der Waals surface area contributed by atoms with E-state index in [0.717, 1.165) is 17.3 Å². The highest BCUT2D eigenvalue weighted by Gasteiger charge is 2.20. The predicted molar refractivity (Wildman–Crippen MR) is 130 cm³/mol. The molecule has 0 spiro atoms. The van der Waals surface area contributed by atoms with Crippen molar-refractivity contribution in [2.24, 2.45) is 0 Å². The van der Waals surface area contributed by atoms with E-state index >= 15 is 0 Å². The van der Waals surface area contributed by atoms with Gasteiger partial charge in [-0.15, -0.1) is 0 Å². The summed E-state index contributed by atoms with van der Waals surface area (Å²) in [5.41, 5.74) is 2.49. The van der Waals surface area contributed by atoms with Crippen LogP contribution in [-0.4, -0.2) is 37.8 Å². The van der Waals surface area contributed by atoms with Gasteiger partial charge >= 0.3 is 0 Å². The van der Waals surface area contributed by atoms with Crippen LogP contribution in [-0.2, 0) is 17.9 Å². The maximum Gasteiger partial charge on any atom is 0.280 e. The zero-order valence-electron chi connectivity index (χ0n) is 19.1. The van der Waals surface area contributed by atoms with Gasteiger partial charge in [0.2, 0.25) is 12.7 Å². The average Bonchev–Trinajstić information content (AvgIpc) is 3.43. The third-order valence-electron chi connectivity index (χ3n) is 5.50. The van der Waals surface area contributed by atoms with Gasteiger partial charge in [-0.2, -0.15) is 5.10 Å². The van der Waals surface area contributed by atoms with Crippen LogP contribution in [0.4, 0.5) is 10.1 Å². The molecule has 0 unspecified atom stereocenters. The topological polar surface area (TPSA) is 100 Å². The lowest BCUT2D eigenvalue weighted by molar-refractivity contribution is -0.113. The standard InChI is InChI=1S/C24H22FN5O4S/c1-3-30-22-21(14(2)28-30)27-24(35-12-20(31)26-17-6-4-5-16(25)10-17)29(23(22)32)11-15-7-8-18-19(9-15)34-13-33-18/h4-10H,3,11-13H2,1-2H3,(H,26,31). The molecule has 2 aromatic carbocycles. The first-order valence-electron chi connectivity index (χ1n) is 11.0. The van der Waals surface area contributed by atoms with Gasteiger partial charge in [-0.05, 0) is 49.7 Å². The monoisotopic (exact) mass is 495 g/mol. The Morgan fingerprint density at radius 1 is 1.20 bits per heavy atom. The number of carbonyl (C=O) groups is 1. The van der Waals surface area contributed by atoms with Crippen molar-refractivity contribution in [2.75, 3.05) is 17.9 Å². The zero-order chi connectivity index (χ0) is 24.5. The predicted octanol–water partition coefficient (Wildman–Crippen LogP) is 3.57. The van der Waals surface area contributed by atoms with Gasteiger partial charge in [0, 0.05) is 12.2 Å². The SMILES string of the molecule is CCn1nc(C)c2nc(SCC(=O)Nc3cccc(F)c3)n(Cc3ccc4c(c3)OCO4)c(=O)c21. The number of amides is 1. The molecule has 0 saturated heterocycles. The molecule has 0 aliphatic carbocycles. The molecule has 5 rings (SSSR count). The van der Waals surface area contributed by atoms with Gasteiger partial charge in [0.05, 0.1) is 18.0 Å². The number of nitrogens with zero attached hydrogens (tertiary/aromatic N) is 4. The highest BCUT2D eigenvalue weighted by molar-refractivity contribution is 7.99. The molecule has 1 N–H and O–H groups in total.